The first kappa shape index (κ1) is 16.4. The molecule has 0 amide bonds. The molecule has 1 aliphatic rings. The van der Waals surface area contributed by atoms with Crippen LogP contribution in [0, 0.1) is 0 Å². The Balaban J connectivity index is 2.00. The van der Waals surface area contributed by atoms with Crippen molar-refractivity contribution in [1.29, 1.82) is 0 Å². The highest BCUT2D eigenvalue weighted by molar-refractivity contribution is 6.74. The molecule has 1 aromatic rings. The van der Waals surface area contributed by atoms with Crippen LogP contribution in [0.25, 0.3) is 0 Å². The molecule has 3 nitrogen and oxygen atoms in total. The van der Waals surface area contributed by atoms with Gasteiger partial charge < -0.3 is 14.5 Å². The average molecular weight is 308 g/mol. The van der Waals surface area contributed by atoms with Gasteiger partial charge in [0.1, 0.15) is 5.75 Å². The standard InChI is InChI=1S/C17H29NO2Si/c1-17(2,3)21(5,6)20-12-13-10-11-14-15(18-13)8-7-9-16(14)19-4/h7-9,13,18H,10-12H2,1-6H3/t13-/m1/s1. The molecule has 118 valence electrons. The Hall–Kier alpha value is -1.00. The molecule has 4 heteroatoms. The Bertz CT molecular complexity index is 494. The topological polar surface area (TPSA) is 30.5 Å². The van der Waals surface area contributed by atoms with E-state index >= 15 is 0 Å². The zero-order valence-corrected chi connectivity index (χ0v) is 15.2. The van der Waals surface area contributed by atoms with Crippen molar-refractivity contribution < 1.29 is 9.16 Å². The fraction of sp³-hybridized carbons (Fsp3) is 0.647. The molecular formula is C17H29NO2Si. The lowest BCUT2D eigenvalue weighted by Crippen LogP contribution is -2.44. The van der Waals surface area contributed by atoms with E-state index in [2.05, 4.69) is 45.2 Å². The minimum atomic E-state index is -1.66. The van der Waals surface area contributed by atoms with E-state index in [1.165, 1.54) is 11.3 Å². The number of ether oxygens (including phenoxy) is 1. The van der Waals surface area contributed by atoms with Gasteiger partial charge in [-0.3, -0.25) is 0 Å². The van der Waals surface area contributed by atoms with Gasteiger partial charge in [0.2, 0.25) is 0 Å². The Morgan fingerprint density at radius 3 is 2.62 bits per heavy atom. The fourth-order valence-electron chi connectivity index (χ4n) is 2.41. The third-order valence-electron chi connectivity index (χ3n) is 4.91. The maximum absolute atomic E-state index is 6.35. The second-order valence-corrected chi connectivity index (χ2v) is 12.2. The number of benzene rings is 1. The molecule has 1 aliphatic heterocycles. The van der Waals surface area contributed by atoms with E-state index < -0.39 is 8.32 Å². The normalized spacial score (nSPS) is 18.9. The van der Waals surface area contributed by atoms with Crippen molar-refractivity contribution in [2.24, 2.45) is 0 Å². The van der Waals surface area contributed by atoms with Crippen molar-refractivity contribution in [3.8, 4) is 5.75 Å². The molecule has 2 rings (SSSR count). The fourth-order valence-corrected chi connectivity index (χ4v) is 3.46. The zero-order valence-electron chi connectivity index (χ0n) is 14.2. The number of hydrogen-bond donors (Lipinski definition) is 1. The first-order chi connectivity index (χ1) is 9.74. The van der Waals surface area contributed by atoms with Gasteiger partial charge in [0.15, 0.2) is 8.32 Å². The predicted octanol–water partition coefficient (Wildman–Crippen LogP) is 4.44. The highest BCUT2D eigenvalue weighted by atomic mass is 28.4. The first-order valence-electron chi connectivity index (χ1n) is 7.81. The van der Waals surface area contributed by atoms with E-state index in [0.717, 1.165) is 25.2 Å². The number of anilines is 1. The highest BCUT2D eigenvalue weighted by Gasteiger charge is 2.37. The van der Waals surface area contributed by atoms with Crippen molar-refractivity contribution in [2.45, 2.75) is 57.8 Å². The Kier molecular flexibility index (Phi) is 4.68. The minimum absolute atomic E-state index is 0.267. The zero-order chi connectivity index (χ0) is 15.7. The molecule has 0 saturated heterocycles. The Labute approximate surface area is 130 Å². The molecular weight excluding hydrogens is 278 g/mol. The molecule has 0 unspecified atom stereocenters. The lowest BCUT2D eigenvalue weighted by Gasteiger charge is -2.38. The van der Waals surface area contributed by atoms with Gasteiger partial charge in [-0.05, 0) is 43.1 Å². The van der Waals surface area contributed by atoms with Crippen LogP contribution in [-0.4, -0.2) is 28.1 Å². The van der Waals surface area contributed by atoms with Gasteiger partial charge in [-0.25, -0.2) is 0 Å². The monoisotopic (exact) mass is 307 g/mol. The molecule has 0 aromatic heterocycles. The lowest BCUT2D eigenvalue weighted by molar-refractivity contribution is 0.263. The quantitative estimate of drug-likeness (QED) is 0.834. The van der Waals surface area contributed by atoms with Gasteiger partial charge in [0, 0.05) is 17.3 Å². The maximum atomic E-state index is 6.35. The van der Waals surface area contributed by atoms with E-state index in [4.69, 9.17) is 9.16 Å². The van der Waals surface area contributed by atoms with Crippen molar-refractivity contribution in [3.05, 3.63) is 23.8 Å². The van der Waals surface area contributed by atoms with Crippen LogP contribution in [0.2, 0.25) is 18.1 Å². The summed E-state index contributed by atoms with van der Waals surface area (Å²) in [6.07, 6.45) is 2.15. The molecule has 1 N–H and O–H groups in total. The van der Waals surface area contributed by atoms with Crippen LogP contribution in [0.1, 0.15) is 32.8 Å². The smallest absolute Gasteiger partial charge is 0.192 e. The van der Waals surface area contributed by atoms with Gasteiger partial charge in [-0.1, -0.05) is 26.8 Å². The molecule has 0 bridgehead atoms. The van der Waals surface area contributed by atoms with E-state index in [0.29, 0.717) is 6.04 Å². The molecule has 0 spiro atoms. The third-order valence-corrected chi connectivity index (χ3v) is 9.41. The molecule has 0 fully saturated rings. The van der Waals surface area contributed by atoms with Crippen LogP contribution in [-0.2, 0) is 10.8 Å². The van der Waals surface area contributed by atoms with Gasteiger partial charge in [0.05, 0.1) is 13.7 Å². The van der Waals surface area contributed by atoms with Gasteiger partial charge in [-0.15, -0.1) is 0 Å². The molecule has 21 heavy (non-hydrogen) atoms. The van der Waals surface area contributed by atoms with E-state index in [9.17, 15) is 0 Å². The Morgan fingerprint density at radius 2 is 2.00 bits per heavy atom. The second-order valence-electron chi connectivity index (χ2n) is 7.44. The summed E-state index contributed by atoms with van der Waals surface area (Å²) in [4.78, 5) is 0. The summed E-state index contributed by atoms with van der Waals surface area (Å²) in [6, 6.07) is 6.61. The maximum Gasteiger partial charge on any atom is 0.192 e. The summed E-state index contributed by atoms with van der Waals surface area (Å²) in [6.45, 7) is 12.3. The predicted molar refractivity (Wildman–Crippen MR) is 91.9 cm³/mol. The number of nitrogens with one attached hydrogen (secondary N) is 1. The van der Waals surface area contributed by atoms with Crippen LogP contribution in [0.3, 0.4) is 0 Å². The van der Waals surface area contributed by atoms with Crippen LogP contribution >= 0.6 is 0 Å². The van der Waals surface area contributed by atoms with Crippen LogP contribution in [0.4, 0.5) is 5.69 Å². The summed E-state index contributed by atoms with van der Waals surface area (Å²) in [7, 11) is 0.0754. The molecule has 1 atom stereocenters. The van der Waals surface area contributed by atoms with Crippen molar-refractivity contribution >= 4 is 14.0 Å². The summed E-state index contributed by atoms with van der Waals surface area (Å²) < 4.78 is 11.8. The molecule has 1 heterocycles. The Morgan fingerprint density at radius 1 is 1.29 bits per heavy atom. The SMILES string of the molecule is COc1cccc2c1CC[C@H](CO[Si](C)(C)C(C)(C)C)N2. The summed E-state index contributed by atoms with van der Waals surface area (Å²) in [5.74, 6) is 0.990. The molecule has 1 aromatic carbocycles. The second kappa shape index (κ2) is 6.01. The van der Waals surface area contributed by atoms with Crippen LogP contribution < -0.4 is 10.1 Å². The average Bonchev–Trinajstić information content (AvgIpc) is 2.43. The largest absolute Gasteiger partial charge is 0.496 e. The van der Waals surface area contributed by atoms with Crippen molar-refractivity contribution in [2.75, 3.05) is 19.0 Å². The molecule has 0 saturated carbocycles. The van der Waals surface area contributed by atoms with E-state index in [1.54, 1.807) is 7.11 Å². The summed E-state index contributed by atoms with van der Waals surface area (Å²) in [5.41, 5.74) is 2.49. The lowest BCUT2D eigenvalue weighted by atomic mass is 9.98. The number of methoxy groups -OCH3 is 1. The first-order valence-corrected chi connectivity index (χ1v) is 10.7. The minimum Gasteiger partial charge on any atom is -0.496 e. The summed E-state index contributed by atoms with van der Waals surface area (Å²) >= 11 is 0. The number of fused-ring (bicyclic) bond motifs is 1. The van der Waals surface area contributed by atoms with Crippen LogP contribution in [0.5, 0.6) is 5.75 Å². The number of hydrogen-bond acceptors (Lipinski definition) is 3. The van der Waals surface area contributed by atoms with Crippen LogP contribution in [0.15, 0.2) is 18.2 Å². The van der Waals surface area contributed by atoms with Gasteiger partial charge >= 0.3 is 0 Å². The number of rotatable bonds is 4. The molecule has 0 aliphatic carbocycles. The van der Waals surface area contributed by atoms with Crippen molar-refractivity contribution in [3.63, 3.8) is 0 Å². The third kappa shape index (κ3) is 3.61. The summed E-state index contributed by atoms with van der Waals surface area (Å²) in [5, 5.41) is 3.88. The van der Waals surface area contributed by atoms with Gasteiger partial charge in [0.25, 0.3) is 0 Å². The van der Waals surface area contributed by atoms with Crippen molar-refractivity contribution in [1.82, 2.24) is 0 Å². The van der Waals surface area contributed by atoms with Gasteiger partial charge in [-0.2, -0.15) is 0 Å². The molecule has 0 radical (unpaired) electrons. The van der Waals surface area contributed by atoms with E-state index in [-0.39, 0.29) is 5.04 Å². The van der Waals surface area contributed by atoms with E-state index in [1.807, 2.05) is 12.1 Å². The highest BCUT2D eigenvalue weighted by Crippen LogP contribution is 2.37.